The highest BCUT2D eigenvalue weighted by molar-refractivity contribution is 5.26. The van der Waals surface area contributed by atoms with Gasteiger partial charge in [0, 0.05) is 32.2 Å². The first-order chi connectivity index (χ1) is 9.70. The number of rotatable bonds is 5. The summed E-state index contributed by atoms with van der Waals surface area (Å²) in [7, 11) is 0. The molecule has 5 nitrogen and oxygen atoms in total. The van der Waals surface area contributed by atoms with Gasteiger partial charge in [-0.15, -0.1) is 0 Å². The molecule has 2 rings (SSSR count). The lowest BCUT2D eigenvalue weighted by Gasteiger charge is -2.30. The van der Waals surface area contributed by atoms with Gasteiger partial charge in [-0.25, -0.2) is 0 Å². The Balaban J connectivity index is 0.000000956. The molecule has 0 aliphatic carbocycles. The third-order valence-electron chi connectivity index (χ3n) is 3.39. The summed E-state index contributed by atoms with van der Waals surface area (Å²) in [6.45, 7) is 13.8. The van der Waals surface area contributed by atoms with Gasteiger partial charge in [0.2, 0.25) is 0 Å². The molecule has 1 aliphatic rings. The zero-order valence-corrected chi connectivity index (χ0v) is 13.6. The highest BCUT2D eigenvalue weighted by Crippen LogP contribution is 2.23. The molecule has 1 aromatic rings. The fourth-order valence-electron chi connectivity index (χ4n) is 2.16. The van der Waals surface area contributed by atoms with Gasteiger partial charge in [-0.2, -0.15) is 4.98 Å². The molecule has 20 heavy (non-hydrogen) atoms. The van der Waals surface area contributed by atoms with E-state index in [1.165, 1.54) is 0 Å². The van der Waals surface area contributed by atoms with Crippen molar-refractivity contribution in [2.75, 3.05) is 31.2 Å². The van der Waals surface area contributed by atoms with Crippen LogP contribution in [0.4, 0.5) is 6.01 Å². The molecule has 0 bridgehead atoms. The van der Waals surface area contributed by atoms with E-state index in [1.807, 2.05) is 20.8 Å². The molecule has 0 spiro atoms. The molecule has 1 aliphatic heterocycles. The molecule has 0 N–H and O–H groups in total. The van der Waals surface area contributed by atoms with E-state index in [0.29, 0.717) is 17.9 Å². The molecule has 5 heteroatoms. The maximum atomic E-state index is 5.48. The van der Waals surface area contributed by atoms with Gasteiger partial charge in [0.05, 0.1) is 0 Å². The van der Waals surface area contributed by atoms with Gasteiger partial charge in [-0.3, -0.25) is 0 Å². The van der Waals surface area contributed by atoms with Crippen LogP contribution in [-0.4, -0.2) is 36.4 Å². The topological polar surface area (TPSA) is 51.4 Å². The summed E-state index contributed by atoms with van der Waals surface area (Å²) >= 11 is 0. The minimum atomic E-state index is 0.318. The van der Waals surface area contributed by atoms with Crippen LogP contribution < -0.4 is 4.90 Å². The third kappa shape index (κ3) is 4.78. The first-order valence-corrected chi connectivity index (χ1v) is 7.87. The minimum Gasteiger partial charge on any atom is -0.381 e. The van der Waals surface area contributed by atoms with Crippen LogP contribution in [0, 0.1) is 5.92 Å². The van der Waals surface area contributed by atoms with Crippen LogP contribution >= 0.6 is 0 Å². The molecule has 0 saturated carbocycles. The monoisotopic (exact) mass is 283 g/mol. The summed E-state index contributed by atoms with van der Waals surface area (Å²) in [6.07, 6.45) is 2.28. The van der Waals surface area contributed by atoms with Crippen LogP contribution in [0.15, 0.2) is 4.52 Å². The molecule has 1 fully saturated rings. The first kappa shape index (κ1) is 17.0. The number of piperidine rings is 1. The summed E-state index contributed by atoms with van der Waals surface area (Å²) in [6, 6.07) is 0.675. The summed E-state index contributed by atoms with van der Waals surface area (Å²) in [5, 5.41) is 4.01. The quantitative estimate of drug-likeness (QED) is 0.828. The van der Waals surface area contributed by atoms with Crippen molar-refractivity contribution < 1.29 is 9.26 Å². The van der Waals surface area contributed by atoms with Crippen molar-refractivity contribution in [2.45, 2.75) is 53.4 Å². The van der Waals surface area contributed by atoms with Gasteiger partial charge in [-0.05, 0) is 25.7 Å². The summed E-state index contributed by atoms with van der Waals surface area (Å²) in [5.41, 5.74) is 0. The smallest absolute Gasteiger partial charge is 0.324 e. The molecular formula is C15H29N3O2. The van der Waals surface area contributed by atoms with Crippen molar-refractivity contribution in [2.24, 2.45) is 5.92 Å². The number of anilines is 1. The summed E-state index contributed by atoms with van der Waals surface area (Å²) in [4.78, 5) is 6.62. The second-order valence-corrected chi connectivity index (χ2v) is 5.18. The standard InChI is InChI=1S/C13H23N3O2.C2H6/c1-4-17-9-11-5-7-16(8-6-11)13-14-12(10(2)3)15-18-13;1-2/h10-11H,4-9H2,1-3H3;1-2H3. The first-order valence-electron chi connectivity index (χ1n) is 7.87. The van der Waals surface area contributed by atoms with E-state index in [9.17, 15) is 0 Å². The van der Waals surface area contributed by atoms with E-state index in [4.69, 9.17) is 9.26 Å². The van der Waals surface area contributed by atoms with Gasteiger partial charge in [0.15, 0.2) is 5.82 Å². The van der Waals surface area contributed by atoms with Crippen LogP contribution in [-0.2, 0) is 4.74 Å². The molecule has 0 amide bonds. The van der Waals surface area contributed by atoms with Gasteiger partial charge in [-0.1, -0.05) is 32.9 Å². The van der Waals surface area contributed by atoms with E-state index in [0.717, 1.165) is 45.0 Å². The van der Waals surface area contributed by atoms with Crippen molar-refractivity contribution >= 4 is 6.01 Å². The Morgan fingerprint density at radius 2 is 1.95 bits per heavy atom. The molecule has 0 atom stereocenters. The van der Waals surface area contributed by atoms with Gasteiger partial charge in [0.1, 0.15) is 0 Å². The van der Waals surface area contributed by atoms with Crippen LogP contribution in [0.2, 0.25) is 0 Å². The van der Waals surface area contributed by atoms with E-state index in [1.54, 1.807) is 0 Å². The van der Waals surface area contributed by atoms with Crippen molar-refractivity contribution in [1.82, 2.24) is 10.1 Å². The zero-order valence-electron chi connectivity index (χ0n) is 13.6. The maximum absolute atomic E-state index is 5.48. The van der Waals surface area contributed by atoms with Crippen molar-refractivity contribution in [3.05, 3.63) is 5.82 Å². The number of aromatic nitrogens is 2. The number of hydrogen-bond donors (Lipinski definition) is 0. The van der Waals surface area contributed by atoms with E-state index in [2.05, 4.69) is 28.9 Å². The van der Waals surface area contributed by atoms with E-state index >= 15 is 0 Å². The lowest BCUT2D eigenvalue weighted by atomic mass is 9.98. The predicted molar refractivity (Wildman–Crippen MR) is 81.2 cm³/mol. The molecule has 0 aromatic carbocycles. The fraction of sp³-hybridized carbons (Fsp3) is 0.867. The van der Waals surface area contributed by atoms with Gasteiger partial charge in [0.25, 0.3) is 0 Å². The molecule has 116 valence electrons. The Bertz CT molecular complexity index is 358. The highest BCUT2D eigenvalue weighted by atomic mass is 16.5. The predicted octanol–water partition coefficient (Wildman–Crippen LogP) is 3.47. The fourth-order valence-corrected chi connectivity index (χ4v) is 2.16. The average molecular weight is 283 g/mol. The van der Waals surface area contributed by atoms with Crippen molar-refractivity contribution in [1.29, 1.82) is 0 Å². The van der Waals surface area contributed by atoms with Crippen LogP contribution in [0.25, 0.3) is 0 Å². The molecule has 2 heterocycles. The lowest BCUT2D eigenvalue weighted by molar-refractivity contribution is 0.0999. The van der Waals surface area contributed by atoms with Crippen LogP contribution in [0.3, 0.4) is 0 Å². The van der Waals surface area contributed by atoms with E-state index in [-0.39, 0.29) is 0 Å². The largest absolute Gasteiger partial charge is 0.381 e. The van der Waals surface area contributed by atoms with E-state index < -0.39 is 0 Å². The van der Waals surface area contributed by atoms with Crippen LogP contribution in [0.1, 0.15) is 59.2 Å². The molecule has 0 unspecified atom stereocenters. The SMILES string of the molecule is CC.CCOCC1CCN(c2nc(C(C)C)no2)CC1. The Morgan fingerprint density at radius 1 is 1.30 bits per heavy atom. The van der Waals surface area contributed by atoms with Gasteiger partial charge < -0.3 is 14.2 Å². The summed E-state index contributed by atoms with van der Waals surface area (Å²) < 4.78 is 10.8. The maximum Gasteiger partial charge on any atom is 0.324 e. The lowest BCUT2D eigenvalue weighted by Crippen LogP contribution is -2.35. The van der Waals surface area contributed by atoms with Crippen molar-refractivity contribution in [3.8, 4) is 0 Å². The van der Waals surface area contributed by atoms with Crippen molar-refractivity contribution in [3.63, 3.8) is 0 Å². The number of hydrogen-bond acceptors (Lipinski definition) is 5. The zero-order chi connectivity index (χ0) is 15.0. The highest BCUT2D eigenvalue weighted by Gasteiger charge is 2.23. The number of nitrogens with zero attached hydrogens (tertiary/aromatic N) is 3. The average Bonchev–Trinajstić information content (AvgIpc) is 2.98. The van der Waals surface area contributed by atoms with Crippen LogP contribution in [0.5, 0.6) is 0 Å². The third-order valence-corrected chi connectivity index (χ3v) is 3.39. The molecule has 1 saturated heterocycles. The second kappa shape index (κ2) is 8.95. The number of ether oxygens (including phenoxy) is 1. The second-order valence-electron chi connectivity index (χ2n) is 5.18. The molecule has 1 aromatic heterocycles. The Hall–Kier alpha value is -1.10. The Morgan fingerprint density at radius 3 is 2.45 bits per heavy atom. The Labute approximate surface area is 122 Å². The molecule has 0 radical (unpaired) electrons. The molecular weight excluding hydrogens is 254 g/mol. The van der Waals surface area contributed by atoms with Gasteiger partial charge >= 0.3 is 6.01 Å². The Kier molecular flexibility index (Phi) is 7.59. The summed E-state index contributed by atoms with van der Waals surface area (Å²) in [5.74, 6) is 1.79. The normalized spacial score (nSPS) is 16.2. The minimum absolute atomic E-state index is 0.318.